The molecule has 3 aromatic rings. The summed E-state index contributed by atoms with van der Waals surface area (Å²) in [5, 5.41) is 7.52. The molecule has 0 amide bonds. The first-order chi connectivity index (χ1) is 11.5. The molecule has 122 valence electrons. The lowest BCUT2D eigenvalue weighted by Gasteiger charge is -2.09. The molecule has 0 saturated heterocycles. The molecule has 0 saturated carbocycles. The van der Waals surface area contributed by atoms with E-state index in [1.807, 2.05) is 0 Å². The van der Waals surface area contributed by atoms with Crippen LogP contribution in [-0.4, -0.2) is 15.2 Å². The average Bonchev–Trinajstić information content (AvgIpc) is 3.04. The first-order valence-corrected chi connectivity index (χ1v) is 6.74. The summed E-state index contributed by atoms with van der Waals surface area (Å²) in [5.74, 6) is 0.507. The topological polar surface area (TPSA) is 61.0 Å². The van der Waals surface area contributed by atoms with Gasteiger partial charge in [0, 0.05) is 6.07 Å². The molecule has 2 heterocycles. The molecule has 0 bridgehead atoms. The van der Waals surface area contributed by atoms with Gasteiger partial charge in [0.1, 0.15) is 11.4 Å². The third-order valence-corrected chi connectivity index (χ3v) is 2.94. The number of alkyl halides is 3. The monoisotopic (exact) mass is 333 g/mol. The van der Waals surface area contributed by atoms with Crippen molar-refractivity contribution in [3.63, 3.8) is 0 Å². The second-order valence-corrected chi connectivity index (χ2v) is 4.64. The van der Waals surface area contributed by atoms with E-state index in [1.165, 1.54) is 24.3 Å². The van der Waals surface area contributed by atoms with Gasteiger partial charge in [0.2, 0.25) is 11.8 Å². The zero-order chi connectivity index (χ0) is 17.2. The predicted octanol–water partition coefficient (Wildman–Crippen LogP) is 4.59. The normalized spacial score (nSPS) is 11.3. The van der Waals surface area contributed by atoms with Crippen LogP contribution in [0.1, 0.15) is 11.5 Å². The van der Waals surface area contributed by atoms with Crippen LogP contribution in [0.3, 0.4) is 0 Å². The molecule has 0 atom stereocenters. The van der Waals surface area contributed by atoms with E-state index in [2.05, 4.69) is 21.8 Å². The standard InChI is InChI=1S/C16H10F3N3O2/c1-2-13-21-22-15(24-13)12-7-4-8-14(20-12)23-11-6-3-5-10(9-11)16(17,18)19/h2-9H,1H2. The van der Waals surface area contributed by atoms with E-state index < -0.39 is 11.7 Å². The molecule has 24 heavy (non-hydrogen) atoms. The Hall–Kier alpha value is -3.16. The van der Waals surface area contributed by atoms with Gasteiger partial charge in [-0.25, -0.2) is 4.98 Å². The fraction of sp³-hybridized carbons (Fsp3) is 0.0625. The van der Waals surface area contributed by atoms with Crippen LogP contribution in [-0.2, 0) is 6.18 Å². The first kappa shape index (κ1) is 15.7. The molecule has 0 aliphatic carbocycles. The van der Waals surface area contributed by atoms with Crippen molar-refractivity contribution in [3.05, 3.63) is 60.5 Å². The third-order valence-electron chi connectivity index (χ3n) is 2.94. The van der Waals surface area contributed by atoms with Crippen LogP contribution in [0, 0.1) is 0 Å². The van der Waals surface area contributed by atoms with E-state index >= 15 is 0 Å². The zero-order valence-electron chi connectivity index (χ0n) is 12.1. The molecule has 3 rings (SSSR count). The number of aromatic nitrogens is 3. The highest BCUT2D eigenvalue weighted by atomic mass is 19.4. The minimum Gasteiger partial charge on any atom is -0.439 e. The summed E-state index contributed by atoms with van der Waals surface area (Å²) in [6.07, 6.45) is -3.06. The highest BCUT2D eigenvalue weighted by molar-refractivity contribution is 5.49. The van der Waals surface area contributed by atoms with E-state index in [0.29, 0.717) is 5.69 Å². The Morgan fingerprint density at radius 1 is 1.08 bits per heavy atom. The van der Waals surface area contributed by atoms with Crippen molar-refractivity contribution in [1.82, 2.24) is 15.2 Å². The number of benzene rings is 1. The Bertz CT molecular complexity index is 875. The summed E-state index contributed by atoms with van der Waals surface area (Å²) in [6, 6.07) is 9.27. The molecule has 2 aromatic heterocycles. The Morgan fingerprint density at radius 3 is 2.58 bits per heavy atom. The molecule has 0 radical (unpaired) electrons. The quantitative estimate of drug-likeness (QED) is 0.699. The zero-order valence-corrected chi connectivity index (χ0v) is 12.1. The van der Waals surface area contributed by atoms with Gasteiger partial charge in [0.25, 0.3) is 5.89 Å². The van der Waals surface area contributed by atoms with Crippen molar-refractivity contribution in [2.24, 2.45) is 0 Å². The van der Waals surface area contributed by atoms with Gasteiger partial charge in [-0.15, -0.1) is 10.2 Å². The van der Waals surface area contributed by atoms with E-state index in [9.17, 15) is 13.2 Å². The number of hydrogen-bond donors (Lipinski definition) is 0. The lowest BCUT2D eigenvalue weighted by molar-refractivity contribution is -0.137. The molecule has 1 aromatic carbocycles. The minimum atomic E-state index is -4.44. The van der Waals surface area contributed by atoms with E-state index in [1.54, 1.807) is 12.1 Å². The summed E-state index contributed by atoms with van der Waals surface area (Å²) in [7, 11) is 0. The lowest BCUT2D eigenvalue weighted by Crippen LogP contribution is -2.04. The molecule has 8 heteroatoms. The SMILES string of the molecule is C=Cc1nnc(-c2cccc(Oc3cccc(C(F)(F)F)c3)n2)o1. The Labute approximate surface area is 134 Å². The smallest absolute Gasteiger partial charge is 0.416 e. The van der Waals surface area contributed by atoms with Gasteiger partial charge in [-0.1, -0.05) is 18.7 Å². The van der Waals surface area contributed by atoms with Crippen molar-refractivity contribution >= 4 is 6.08 Å². The molecule has 5 nitrogen and oxygen atoms in total. The summed E-state index contributed by atoms with van der Waals surface area (Å²) in [4.78, 5) is 4.14. The Morgan fingerprint density at radius 2 is 1.88 bits per heavy atom. The van der Waals surface area contributed by atoms with Gasteiger partial charge in [0.15, 0.2) is 0 Å². The van der Waals surface area contributed by atoms with Crippen molar-refractivity contribution in [2.45, 2.75) is 6.18 Å². The summed E-state index contributed by atoms with van der Waals surface area (Å²) in [5.41, 5.74) is -0.469. The fourth-order valence-corrected chi connectivity index (χ4v) is 1.87. The van der Waals surface area contributed by atoms with E-state index in [-0.39, 0.29) is 23.4 Å². The maximum Gasteiger partial charge on any atom is 0.416 e. The molecular formula is C16H10F3N3O2. The fourth-order valence-electron chi connectivity index (χ4n) is 1.87. The highest BCUT2D eigenvalue weighted by Crippen LogP contribution is 2.32. The summed E-state index contributed by atoms with van der Waals surface area (Å²) in [6.45, 7) is 3.51. The molecular weight excluding hydrogens is 323 g/mol. The van der Waals surface area contributed by atoms with Gasteiger partial charge < -0.3 is 9.15 Å². The van der Waals surface area contributed by atoms with E-state index in [4.69, 9.17) is 9.15 Å². The molecule has 0 N–H and O–H groups in total. The van der Waals surface area contributed by atoms with Crippen LogP contribution in [0.2, 0.25) is 0 Å². The number of hydrogen-bond acceptors (Lipinski definition) is 5. The van der Waals surface area contributed by atoms with Crippen LogP contribution in [0.25, 0.3) is 17.7 Å². The van der Waals surface area contributed by atoms with Gasteiger partial charge in [-0.3, -0.25) is 0 Å². The van der Waals surface area contributed by atoms with Crippen molar-refractivity contribution in [2.75, 3.05) is 0 Å². The van der Waals surface area contributed by atoms with Crippen LogP contribution in [0.5, 0.6) is 11.6 Å². The highest BCUT2D eigenvalue weighted by Gasteiger charge is 2.30. The van der Waals surface area contributed by atoms with Crippen LogP contribution < -0.4 is 4.74 Å². The van der Waals surface area contributed by atoms with Crippen LogP contribution in [0.15, 0.2) is 53.5 Å². The number of ether oxygens (including phenoxy) is 1. The molecule has 0 fully saturated rings. The number of nitrogens with zero attached hydrogens (tertiary/aromatic N) is 3. The number of rotatable bonds is 4. The van der Waals surface area contributed by atoms with Gasteiger partial charge in [0.05, 0.1) is 5.56 Å². The first-order valence-electron chi connectivity index (χ1n) is 6.74. The Kier molecular flexibility index (Phi) is 4.03. The predicted molar refractivity (Wildman–Crippen MR) is 79.1 cm³/mol. The van der Waals surface area contributed by atoms with Crippen molar-refractivity contribution in [1.29, 1.82) is 0 Å². The second kappa shape index (κ2) is 6.15. The van der Waals surface area contributed by atoms with Gasteiger partial charge in [-0.2, -0.15) is 13.2 Å². The lowest BCUT2D eigenvalue weighted by atomic mass is 10.2. The molecule has 0 unspecified atom stereocenters. The van der Waals surface area contributed by atoms with E-state index in [0.717, 1.165) is 12.1 Å². The number of halogens is 3. The van der Waals surface area contributed by atoms with Crippen LogP contribution in [0.4, 0.5) is 13.2 Å². The minimum absolute atomic E-state index is 0.0202. The Balaban J connectivity index is 1.86. The third kappa shape index (κ3) is 3.43. The maximum absolute atomic E-state index is 12.7. The molecule has 0 aliphatic heterocycles. The number of pyridine rings is 1. The average molecular weight is 333 g/mol. The van der Waals surface area contributed by atoms with Crippen molar-refractivity contribution < 1.29 is 22.3 Å². The van der Waals surface area contributed by atoms with Crippen molar-refractivity contribution in [3.8, 4) is 23.2 Å². The van der Waals surface area contributed by atoms with Gasteiger partial charge in [-0.05, 0) is 30.3 Å². The maximum atomic E-state index is 12.7. The van der Waals surface area contributed by atoms with Gasteiger partial charge >= 0.3 is 6.18 Å². The summed E-state index contributed by atoms with van der Waals surface area (Å²) < 4.78 is 48.8. The van der Waals surface area contributed by atoms with Crippen LogP contribution >= 0.6 is 0 Å². The summed E-state index contributed by atoms with van der Waals surface area (Å²) >= 11 is 0. The largest absolute Gasteiger partial charge is 0.439 e. The molecule has 0 spiro atoms. The second-order valence-electron chi connectivity index (χ2n) is 4.64. The molecule has 0 aliphatic rings.